The van der Waals surface area contributed by atoms with E-state index in [1.807, 2.05) is 12.1 Å². The summed E-state index contributed by atoms with van der Waals surface area (Å²) >= 11 is 0. The first-order valence-electron chi connectivity index (χ1n) is 14.2. The van der Waals surface area contributed by atoms with Gasteiger partial charge in [0.15, 0.2) is 0 Å². The summed E-state index contributed by atoms with van der Waals surface area (Å²) in [4.78, 5) is 7.60. The molecule has 0 spiro atoms. The Morgan fingerprint density at radius 2 is 1.30 bits per heavy atom. The van der Waals surface area contributed by atoms with E-state index >= 15 is 0 Å². The molecule has 3 heterocycles. The van der Waals surface area contributed by atoms with Gasteiger partial charge in [-0.15, -0.1) is 0 Å². The molecule has 1 atom stereocenters. The highest BCUT2D eigenvalue weighted by Gasteiger charge is 2.33. The van der Waals surface area contributed by atoms with Crippen molar-refractivity contribution in [3.63, 3.8) is 0 Å². The molecule has 0 saturated carbocycles. The summed E-state index contributed by atoms with van der Waals surface area (Å²) in [5.41, 5.74) is 14.9. The molecule has 3 aromatic carbocycles. The largest absolute Gasteiger partial charge is 0.372 e. The molecule has 3 aliphatic heterocycles. The van der Waals surface area contributed by atoms with Crippen LogP contribution in [-0.2, 0) is 0 Å². The molecule has 3 aromatic rings. The minimum absolute atomic E-state index is 0.0241. The predicted molar refractivity (Wildman–Crippen MR) is 153 cm³/mol. The Hall–Kier alpha value is -3.05. The second-order valence-corrected chi connectivity index (χ2v) is 10.9. The first kappa shape index (κ1) is 24.3. The van der Waals surface area contributed by atoms with Gasteiger partial charge in [0, 0.05) is 55.3 Å². The van der Waals surface area contributed by atoms with Gasteiger partial charge in [-0.25, -0.2) is 4.39 Å². The average molecular weight is 498 g/mol. The zero-order valence-corrected chi connectivity index (χ0v) is 21.8. The zero-order valence-electron chi connectivity index (χ0n) is 21.8. The van der Waals surface area contributed by atoms with Gasteiger partial charge in [0.25, 0.3) is 0 Å². The second-order valence-electron chi connectivity index (χ2n) is 10.9. The Labute approximate surface area is 220 Å². The molecule has 1 unspecified atom stereocenters. The lowest BCUT2D eigenvalue weighted by Crippen LogP contribution is -2.36. The third kappa shape index (κ3) is 4.82. The van der Waals surface area contributed by atoms with Gasteiger partial charge in [0.1, 0.15) is 5.82 Å². The van der Waals surface area contributed by atoms with E-state index in [9.17, 15) is 4.39 Å². The number of halogens is 1. The number of nitrogens with zero attached hydrogens (tertiary/aromatic N) is 3. The fourth-order valence-electron chi connectivity index (χ4n) is 6.53. The van der Waals surface area contributed by atoms with E-state index in [0.29, 0.717) is 6.54 Å². The molecule has 0 aromatic heterocycles. The van der Waals surface area contributed by atoms with Gasteiger partial charge >= 0.3 is 0 Å². The van der Waals surface area contributed by atoms with Crippen LogP contribution in [-0.4, -0.2) is 39.3 Å². The minimum atomic E-state index is -0.192. The number of fused-ring (bicyclic) bond motifs is 3. The van der Waals surface area contributed by atoms with Gasteiger partial charge in [-0.3, -0.25) is 0 Å². The standard InChI is InChI=1S/C32H39FN4/c33-25-10-8-24(9-11-25)32-30-22-26(35-17-3-1-4-18-35)12-14-28(30)29-15-13-27(36-19-5-2-6-20-36)23-31(29)37(32)21-7-16-34/h8-15,22-23,32H,1-7,16-21,34H2/i33-1. The van der Waals surface area contributed by atoms with Gasteiger partial charge in [-0.05, 0) is 105 Å². The summed E-state index contributed by atoms with van der Waals surface area (Å²) in [6.45, 7) is 5.99. The quantitative estimate of drug-likeness (QED) is 0.410. The lowest BCUT2D eigenvalue weighted by Gasteiger charge is -2.42. The first-order valence-corrected chi connectivity index (χ1v) is 14.2. The lowest BCUT2D eigenvalue weighted by atomic mass is 9.84. The third-order valence-corrected chi connectivity index (χ3v) is 8.45. The Morgan fingerprint density at radius 3 is 1.92 bits per heavy atom. The lowest BCUT2D eigenvalue weighted by molar-refractivity contribution is 0.577. The summed E-state index contributed by atoms with van der Waals surface area (Å²) in [6.07, 6.45) is 8.57. The van der Waals surface area contributed by atoms with Crippen LogP contribution in [0.3, 0.4) is 0 Å². The number of hydrogen-bond donors (Lipinski definition) is 1. The van der Waals surface area contributed by atoms with Crippen molar-refractivity contribution in [2.75, 3.05) is 54.0 Å². The fraction of sp³-hybridized carbons (Fsp3) is 0.438. The Balaban J connectivity index is 1.50. The monoisotopic (exact) mass is 497 g/mol. The number of nitrogens with two attached hydrogens (primary N) is 1. The summed E-state index contributed by atoms with van der Waals surface area (Å²) < 4.78 is 14.0. The van der Waals surface area contributed by atoms with Crippen LogP contribution < -0.4 is 20.4 Å². The van der Waals surface area contributed by atoms with E-state index < -0.39 is 0 Å². The fourth-order valence-corrected chi connectivity index (χ4v) is 6.53. The molecular weight excluding hydrogens is 458 g/mol. The van der Waals surface area contributed by atoms with Crippen molar-refractivity contribution in [1.82, 2.24) is 0 Å². The Kier molecular flexibility index (Phi) is 7.06. The van der Waals surface area contributed by atoms with Crippen LogP contribution in [0.5, 0.6) is 0 Å². The molecule has 2 fully saturated rings. The first-order chi connectivity index (χ1) is 18.2. The van der Waals surface area contributed by atoms with Crippen molar-refractivity contribution in [3.8, 4) is 11.1 Å². The van der Waals surface area contributed by atoms with E-state index in [2.05, 4.69) is 51.1 Å². The van der Waals surface area contributed by atoms with Crippen molar-refractivity contribution in [1.29, 1.82) is 0 Å². The van der Waals surface area contributed by atoms with Crippen LogP contribution >= 0.6 is 0 Å². The van der Waals surface area contributed by atoms with Crippen molar-refractivity contribution in [2.24, 2.45) is 5.73 Å². The zero-order chi connectivity index (χ0) is 25.2. The number of hydrogen-bond acceptors (Lipinski definition) is 4. The van der Waals surface area contributed by atoms with E-state index in [-0.39, 0.29) is 11.9 Å². The van der Waals surface area contributed by atoms with Gasteiger partial charge in [0.2, 0.25) is 0 Å². The van der Waals surface area contributed by atoms with Crippen molar-refractivity contribution >= 4 is 17.1 Å². The maximum atomic E-state index is 14.0. The van der Waals surface area contributed by atoms with Crippen molar-refractivity contribution in [3.05, 3.63) is 77.6 Å². The maximum Gasteiger partial charge on any atom is 0.123 e. The Morgan fingerprint density at radius 1 is 0.703 bits per heavy atom. The smallest absolute Gasteiger partial charge is 0.123 e. The molecule has 6 rings (SSSR count). The van der Waals surface area contributed by atoms with Crippen molar-refractivity contribution in [2.45, 2.75) is 51.0 Å². The molecule has 5 heteroatoms. The molecule has 3 aliphatic rings. The third-order valence-electron chi connectivity index (χ3n) is 8.45. The topological polar surface area (TPSA) is 35.7 Å². The van der Waals surface area contributed by atoms with Crippen LogP contribution in [0, 0.1) is 5.82 Å². The molecule has 2 saturated heterocycles. The van der Waals surface area contributed by atoms with Crippen LogP contribution in [0.4, 0.5) is 21.5 Å². The summed E-state index contributed by atoms with van der Waals surface area (Å²) in [5.74, 6) is -0.192. The molecule has 0 radical (unpaired) electrons. The van der Waals surface area contributed by atoms with Gasteiger partial charge in [-0.1, -0.05) is 24.3 Å². The summed E-state index contributed by atoms with van der Waals surface area (Å²) in [6, 6.07) is 21.2. The van der Waals surface area contributed by atoms with E-state index in [4.69, 9.17) is 5.73 Å². The summed E-state index contributed by atoms with van der Waals surface area (Å²) in [7, 11) is 0. The minimum Gasteiger partial charge on any atom is -0.372 e. The molecule has 2 N–H and O–H groups in total. The molecule has 194 valence electrons. The van der Waals surface area contributed by atoms with Gasteiger partial charge in [0.05, 0.1) is 6.04 Å². The van der Waals surface area contributed by atoms with Crippen LogP contribution in [0.25, 0.3) is 11.1 Å². The molecule has 0 aliphatic carbocycles. The molecule has 0 bridgehead atoms. The number of benzene rings is 3. The molecular formula is C32H39FN4. The van der Waals surface area contributed by atoms with E-state index in [1.54, 1.807) is 12.1 Å². The van der Waals surface area contributed by atoms with Crippen LogP contribution in [0.1, 0.15) is 62.1 Å². The summed E-state index contributed by atoms with van der Waals surface area (Å²) in [5, 5.41) is 0. The number of rotatable bonds is 6. The second kappa shape index (κ2) is 10.7. The predicted octanol–water partition coefficient (Wildman–Crippen LogP) is 6.73. The van der Waals surface area contributed by atoms with E-state index in [0.717, 1.165) is 44.7 Å². The van der Waals surface area contributed by atoms with Gasteiger partial charge < -0.3 is 20.4 Å². The number of piperidine rings is 2. The number of anilines is 3. The highest BCUT2D eigenvalue weighted by Crippen LogP contribution is 2.49. The Bertz CT molecular complexity index is 1210. The average Bonchev–Trinajstić information content (AvgIpc) is 2.96. The van der Waals surface area contributed by atoms with Gasteiger partial charge in [-0.2, -0.15) is 0 Å². The van der Waals surface area contributed by atoms with Crippen molar-refractivity contribution < 1.29 is 4.39 Å². The molecule has 37 heavy (non-hydrogen) atoms. The molecule has 4 nitrogen and oxygen atoms in total. The van der Waals surface area contributed by atoms with Crippen LogP contribution in [0.15, 0.2) is 60.7 Å². The maximum absolute atomic E-state index is 14.0. The SMILES string of the molecule is NCCCN1c2cc(N3CCCCC3)ccc2-c2ccc(N3CCCCC3)cc2C1c1ccc([18F])cc1. The van der Waals surface area contributed by atoms with Crippen LogP contribution in [0.2, 0.25) is 0 Å². The normalized spacial score (nSPS) is 19.5. The van der Waals surface area contributed by atoms with E-state index in [1.165, 1.54) is 72.3 Å². The highest BCUT2D eigenvalue weighted by atomic mass is 18.2. The highest BCUT2D eigenvalue weighted by molar-refractivity contribution is 5.89. The molecule has 0 amide bonds.